The predicted molar refractivity (Wildman–Crippen MR) is 135 cm³/mol. The summed E-state index contributed by atoms with van der Waals surface area (Å²) in [4.78, 5) is 12.5. The Morgan fingerprint density at radius 1 is 1.31 bits per heavy atom. The number of hydrogen-bond acceptors (Lipinski definition) is 6. The van der Waals surface area contributed by atoms with E-state index in [1.165, 1.54) is 11.8 Å². The lowest BCUT2D eigenvalue weighted by Gasteiger charge is -2.09. The smallest absolute Gasteiger partial charge is 0.234 e. The first-order chi connectivity index (χ1) is 15.5. The van der Waals surface area contributed by atoms with Crippen LogP contribution in [0.1, 0.15) is 5.56 Å². The molecule has 7 nitrogen and oxygen atoms in total. The van der Waals surface area contributed by atoms with Crippen LogP contribution < -0.4 is 10.1 Å². The van der Waals surface area contributed by atoms with Crippen LogP contribution in [0.15, 0.2) is 64.7 Å². The van der Waals surface area contributed by atoms with E-state index < -0.39 is 0 Å². The maximum absolute atomic E-state index is 12.5. The lowest BCUT2D eigenvalue weighted by Crippen LogP contribution is -2.15. The highest BCUT2D eigenvalue weighted by molar-refractivity contribution is 14.1. The van der Waals surface area contributed by atoms with Crippen molar-refractivity contribution in [1.29, 1.82) is 0 Å². The van der Waals surface area contributed by atoms with Gasteiger partial charge in [0.15, 0.2) is 22.2 Å². The summed E-state index contributed by atoms with van der Waals surface area (Å²) < 4.78 is 14.4. The van der Waals surface area contributed by atoms with Crippen molar-refractivity contribution in [2.24, 2.45) is 0 Å². The van der Waals surface area contributed by atoms with Crippen LogP contribution in [0.3, 0.4) is 0 Å². The number of carbonyl (C=O) groups excluding carboxylic acids is 1. The van der Waals surface area contributed by atoms with Crippen LogP contribution in [-0.2, 0) is 11.3 Å². The van der Waals surface area contributed by atoms with Crippen LogP contribution in [0, 0.1) is 10.5 Å². The molecule has 4 aromatic rings. The maximum atomic E-state index is 12.5. The third-order valence-electron chi connectivity index (χ3n) is 4.77. The van der Waals surface area contributed by atoms with Gasteiger partial charge in [-0.1, -0.05) is 30.0 Å². The summed E-state index contributed by atoms with van der Waals surface area (Å²) >= 11 is 3.56. The molecule has 4 rings (SSSR count). The highest BCUT2D eigenvalue weighted by atomic mass is 127. The van der Waals surface area contributed by atoms with Gasteiger partial charge in [0.05, 0.1) is 12.9 Å². The molecule has 0 saturated carbocycles. The van der Waals surface area contributed by atoms with E-state index in [9.17, 15) is 4.79 Å². The monoisotopic (exact) mass is 560 g/mol. The topological polar surface area (TPSA) is 82.2 Å². The largest absolute Gasteiger partial charge is 0.493 e. The Morgan fingerprint density at radius 2 is 2.16 bits per heavy atom. The zero-order valence-electron chi connectivity index (χ0n) is 17.6. The molecule has 1 amide bonds. The number of allylic oxidation sites excluding steroid dienone is 1. The fraction of sp³-hybridized carbons (Fsp3) is 0.174. The summed E-state index contributed by atoms with van der Waals surface area (Å²) in [5.41, 5.74) is 2.48. The molecule has 0 bridgehead atoms. The van der Waals surface area contributed by atoms with Crippen molar-refractivity contribution < 1.29 is 13.9 Å². The van der Waals surface area contributed by atoms with Crippen molar-refractivity contribution in [3.05, 3.63) is 64.3 Å². The normalized spacial score (nSPS) is 11.0. The summed E-state index contributed by atoms with van der Waals surface area (Å²) in [6, 6.07) is 13.5. The summed E-state index contributed by atoms with van der Waals surface area (Å²) in [5.74, 6) is 1.89. The Morgan fingerprint density at radius 3 is 2.91 bits per heavy atom. The Balaban J connectivity index is 1.54. The molecule has 2 aromatic heterocycles. The van der Waals surface area contributed by atoms with Crippen LogP contribution in [0.5, 0.6) is 5.75 Å². The molecule has 0 aliphatic carbocycles. The minimum atomic E-state index is -0.109. The second-order valence-corrected chi connectivity index (χ2v) is 9.18. The summed E-state index contributed by atoms with van der Waals surface area (Å²) in [6.45, 7) is 6.29. The van der Waals surface area contributed by atoms with Gasteiger partial charge in [-0.25, -0.2) is 0 Å². The maximum Gasteiger partial charge on any atom is 0.234 e. The lowest BCUT2D eigenvalue weighted by molar-refractivity contribution is -0.113. The molecular formula is C23H21IN4O3S. The Bertz CT molecular complexity index is 1300. The van der Waals surface area contributed by atoms with Crippen LogP contribution in [0.2, 0.25) is 0 Å². The van der Waals surface area contributed by atoms with E-state index in [4.69, 9.17) is 9.15 Å². The van der Waals surface area contributed by atoms with E-state index in [0.29, 0.717) is 34.6 Å². The van der Waals surface area contributed by atoms with E-state index in [-0.39, 0.29) is 11.7 Å². The first-order valence-corrected chi connectivity index (χ1v) is 11.9. The van der Waals surface area contributed by atoms with Crippen molar-refractivity contribution in [3.8, 4) is 17.3 Å². The van der Waals surface area contributed by atoms with E-state index in [0.717, 1.165) is 20.2 Å². The zero-order valence-corrected chi connectivity index (χ0v) is 20.6. The number of fused-ring (bicyclic) bond motifs is 1. The number of benzene rings is 2. The molecule has 2 heterocycles. The zero-order chi connectivity index (χ0) is 22.7. The number of nitrogens with zero attached hydrogens (tertiary/aromatic N) is 3. The molecule has 1 N–H and O–H groups in total. The number of amides is 1. The number of hydrogen-bond donors (Lipinski definition) is 1. The highest BCUT2D eigenvalue weighted by Crippen LogP contribution is 2.34. The average Bonchev–Trinajstić information content (AvgIpc) is 3.38. The number of carbonyl (C=O) groups is 1. The molecule has 0 atom stereocenters. The second-order valence-electron chi connectivity index (χ2n) is 6.99. The standard InChI is InChI=1S/C23H21IN4O3S/c1-4-10-28-22(19-12-15-6-5-7-18(30-3)21(15)31-19)26-27-23(28)32-13-20(29)25-17-9-8-16(24)11-14(17)2/h4-9,11-12H,1,10,13H2,2-3H3,(H,25,29). The molecule has 0 aliphatic heterocycles. The summed E-state index contributed by atoms with van der Waals surface area (Å²) in [6.07, 6.45) is 1.76. The molecule has 0 spiro atoms. The van der Waals surface area contributed by atoms with Crippen molar-refractivity contribution in [2.45, 2.75) is 18.6 Å². The predicted octanol–water partition coefficient (Wildman–Crippen LogP) is 5.53. The number of aryl methyl sites for hydroxylation is 1. The first-order valence-electron chi connectivity index (χ1n) is 9.80. The van der Waals surface area contributed by atoms with Gasteiger partial charge >= 0.3 is 0 Å². The van der Waals surface area contributed by atoms with Crippen molar-refractivity contribution in [3.63, 3.8) is 0 Å². The second kappa shape index (κ2) is 9.78. The van der Waals surface area contributed by atoms with Crippen LogP contribution in [0.25, 0.3) is 22.6 Å². The fourth-order valence-electron chi connectivity index (χ4n) is 3.26. The molecule has 164 valence electrons. The van der Waals surface area contributed by atoms with Crippen LogP contribution in [0.4, 0.5) is 5.69 Å². The molecule has 0 radical (unpaired) electrons. The van der Waals surface area contributed by atoms with Crippen LogP contribution >= 0.6 is 34.4 Å². The number of thioether (sulfide) groups is 1. The number of furan rings is 1. The number of aromatic nitrogens is 3. The molecule has 2 aromatic carbocycles. The Labute approximate surface area is 203 Å². The average molecular weight is 560 g/mol. The Kier molecular flexibility index (Phi) is 6.85. The summed E-state index contributed by atoms with van der Waals surface area (Å²) in [5, 5.41) is 13.1. The van der Waals surface area contributed by atoms with Gasteiger partial charge < -0.3 is 14.5 Å². The van der Waals surface area contributed by atoms with E-state index in [1.807, 2.05) is 54.0 Å². The van der Waals surface area contributed by atoms with Crippen molar-refractivity contribution in [1.82, 2.24) is 14.8 Å². The molecule has 32 heavy (non-hydrogen) atoms. The van der Waals surface area contributed by atoms with E-state index >= 15 is 0 Å². The molecule has 0 unspecified atom stereocenters. The molecule has 0 saturated heterocycles. The van der Waals surface area contributed by atoms with Crippen molar-refractivity contribution in [2.75, 3.05) is 18.2 Å². The first kappa shape index (κ1) is 22.4. The Hall–Kier alpha value is -2.79. The van der Waals surface area contributed by atoms with Gasteiger partial charge in [0, 0.05) is 21.2 Å². The van der Waals surface area contributed by atoms with Gasteiger partial charge in [-0.05, 0) is 65.4 Å². The fourth-order valence-corrected chi connectivity index (χ4v) is 4.66. The quantitative estimate of drug-likeness (QED) is 0.174. The summed E-state index contributed by atoms with van der Waals surface area (Å²) in [7, 11) is 1.61. The number of ether oxygens (including phenoxy) is 1. The highest BCUT2D eigenvalue weighted by Gasteiger charge is 2.19. The number of rotatable bonds is 8. The van der Waals surface area contributed by atoms with Crippen LogP contribution in [-0.4, -0.2) is 33.5 Å². The van der Waals surface area contributed by atoms with Gasteiger partial charge in [-0.3, -0.25) is 9.36 Å². The van der Waals surface area contributed by atoms with Gasteiger partial charge in [0.2, 0.25) is 11.7 Å². The van der Waals surface area contributed by atoms with Crippen molar-refractivity contribution >= 4 is 56.9 Å². The number of anilines is 1. The number of methoxy groups -OCH3 is 1. The molecule has 9 heteroatoms. The third kappa shape index (κ3) is 4.68. The minimum Gasteiger partial charge on any atom is -0.493 e. The SMILES string of the molecule is C=CCn1c(SCC(=O)Nc2ccc(I)cc2C)nnc1-c1cc2cccc(OC)c2o1. The minimum absolute atomic E-state index is 0.109. The van der Waals surface area contributed by atoms with Gasteiger partial charge in [-0.2, -0.15) is 0 Å². The molecule has 0 aliphatic rings. The third-order valence-corrected chi connectivity index (χ3v) is 6.41. The number of para-hydroxylation sites is 1. The number of nitrogens with one attached hydrogen (secondary N) is 1. The van der Waals surface area contributed by atoms with E-state index in [2.05, 4.69) is 44.7 Å². The van der Waals surface area contributed by atoms with Gasteiger partial charge in [0.1, 0.15) is 0 Å². The van der Waals surface area contributed by atoms with Gasteiger partial charge in [-0.15, -0.1) is 16.8 Å². The van der Waals surface area contributed by atoms with E-state index in [1.54, 1.807) is 13.2 Å². The molecule has 0 fully saturated rings. The lowest BCUT2D eigenvalue weighted by atomic mass is 10.2. The molecular weight excluding hydrogens is 539 g/mol. The van der Waals surface area contributed by atoms with Gasteiger partial charge in [0.25, 0.3) is 0 Å². The number of halogens is 1.